The van der Waals surface area contributed by atoms with E-state index in [2.05, 4.69) is 34.6 Å². The first-order chi connectivity index (χ1) is 21.0. The van der Waals surface area contributed by atoms with Gasteiger partial charge in [-0.25, -0.2) is 8.42 Å². The zero-order valence-electron chi connectivity index (χ0n) is 28.9. The Bertz CT molecular complexity index is 1250. The first-order valence-electron chi connectivity index (χ1n) is 16.9. The third kappa shape index (κ3) is 9.81. The van der Waals surface area contributed by atoms with Crippen molar-refractivity contribution < 1.29 is 51.5 Å². The summed E-state index contributed by atoms with van der Waals surface area (Å²) in [6.45, 7) is 17.0. The summed E-state index contributed by atoms with van der Waals surface area (Å²) < 4.78 is 41.1. The topological polar surface area (TPSA) is 76.1 Å². The number of halogens is 1. The number of quaternary nitrogens is 1. The van der Waals surface area contributed by atoms with Crippen molar-refractivity contribution in [2.45, 2.75) is 90.1 Å². The molecule has 1 aliphatic rings. The van der Waals surface area contributed by atoms with E-state index in [1.54, 1.807) is 6.07 Å². The normalized spacial score (nSPS) is 18.8. The molecule has 45 heavy (non-hydrogen) atoms. The zero-order chi connectivity index (χ0) is 32.4. The summed E-state index contributed by atoms with van der Waals surface area (Å²) in [4.78, 5) is 2.32. The quantitative estimate of drug-likeness (QED) is 0.142. The van der Waals surface area contributed by atoms with Gasteiger partial charge in [0.1, 0.15) is 18.9 Å². The van der Waals surface area contributed by atoms with Crippen LogP contribution in [-0.4, -0.2) is 90.0 Å². The molecular weight excluding hydrogens is 699 g/mol. The lowest BCUT2D eigenvalue weighted by molar-refractivity contribution is -0.923. The maximum absolute atomic E-state index is 14.0. The maximum atomic E-state index is 14.0. The maximum Gasteiger partial charge on any atom is 0.179 e. The van der Waals surface area contributed by atoms with Crippen LogP contribution in [0.1, 0.15) is 90.2 Å². The van der Waals surface area contributed by atoms with Crippen LogP contribution >= 0.6 is 0 Å². The Kier molecular flexibility index (Phi) is 16.1. The van der Waals surface area contributed by atoms with Gasteiger partial charge in [0.15, 0.2) is 9.84 Å². The van der Waals surface area contributed by atoms with Gasteiger partial charge in [-0.2, -0.15) is 0 Å². The molecule has 0 aliphatic carbocycles. The Morgan fingerprint density at radius 1 is 0.889 bits per heavy atom. The summed E-state index contributed by atoms with van der Waals surface area (Å²) in [5.41, 5.74) is 1.78. The van der Waals surface area contributed by atoms with E-state index in [9.17, 15) is 13.5 Å². The number of fused-ring (bicyclic) bond motifs is 1. The number of hydrogen-bond acceptors (Lipinski definition) is 6. The number of anilines is 1. The van der Waals surface area contributed by atoms with Gasteiger partial charge in [-0.05, 0) is 75.1 Å². The van der Waals surface area contributed by atoms with Gasteiger partial charge in [-0.1, -0.05) is 51.7 Å². The minimum absolute atomic E-state index is 0. The molecule has 9 heteroatoms. The van der Waals surface area contributed by atoms with Crippen LogP contribution in [0.4, 0.5) is 5.69 Å². The summed E-state index contributed by atoms with van der Waals surface area (Å²) in [7, 11) is 0.280. The molecule has 7 nitrogen and oxygen atoms in total. The third-order valence-corrected chi connectivity index (χ3v) is 12.1. The number of nitrogens with zero attached hydrogens (tertiary/aromatic N) is 2. The van der Waals surface area contributed by atoms with E-state index in [1.165, 1.54) is 0 Å². The first-order valence-corrected chi connectivity index (χ1v) is 18.5. The van der Waals surface area contributed by atoms with Crippen molar-refractivity contribution in [3.8, 4) is 5.75 Å². The van der Waals surface area contributed by atoms with Crippen molar-refractivity contribution in [1.29, 1.82) is 0 Å². The lowest BCUT2D eigenvalue weighted by Crippen LogP contribution is -3.00. The molecule has 0 fully saturated rings. The number of benzene rings is 2. The van der Waals surface area contributed by atoms with E-state index in [4.69, 9.17) is 9.47 Å². The number of ether oxygens (including phenoxy) is 2. The van der Waals surface area contributed by atoms with Crippen molar-refractivity contribution in [3.63, 3.8) is 0 Å². The number of sulfone groups is 1. The molecule has 0 spiro atoms. The van der Waals surface area contributed by atoms with Crippen molar-refractivity contribution >= 4 is 15.5 Å². The van der Waals surface area contributed by atoms with E-state index >= 15 is 0 Å². The van der Waals surface area contributed by atoms with Crippen molar-refractivity contribution in [1.82, 2.24) is 0 Å². The van der Waals surface area contributed by atoms with Gasteiger partial charge in [0.05, 0.1) is 49.6 Å². The SMILES string of the molecule is CCCCC1(CCCC)CS(=O)(=O)c2ccc(N(C)C)cc2[C@@H](c2ccc(OCCOCC[N+](CC)(CC)CC)cc2)[C@H]1O.[I-]. The number of hydrogen-bond donors (Lipinski definition) is 1. The van der Waals surface area contributed by atoms with Crippen LogP contribution in [0.5, 0.6) is 5.75 Å². The fraction of sp³-hybridized carbons (Fsp3) is 0.667. The number of aliphatic hydroxyl groups excluding tert-OH is 1. The Balaban J connectivity index is 0.00000705. The molecule has 1 N–H and O–H groups in total. The van der Waals surface area contributed by atoms with Gasteiger partial charge < -0.3 is 47.9 Å². The second kappa shape index (κ2) is 18.2. The summed E-state index contributed by atoms with van der Waals surface area (Å²) in [6, 6.07) is 13.4. The third-order valence-electron chi connectivity index (χ3n) is 10.1. The lowest BCUT2D eigenvalue weighted by Gasteiger charge is -2.40. The monoisotopic (exact) mass is 758 g/mol. The minimum atomic E-state index is -3.62. The molecular formula is C36H59IN2O5S. The fourth-order valence-corrected chi connectivity index (χ4v) is 9.08. The molecule has 2 aromatic rings. The van der Waals surface area contributed by atoms with Crippen LogP contribution in [0.25, 0.3) is 0 Å². The predicted molar refractivity (Wildman–Crippen MR) is 182 cm³/mol. The lowest BCUT2D eigenvalue weighted by atomic mass is 9.68. The van der Waals surface area contributed by atoms with E-state index in [1.807, 2.05) is 55.4 Å². The number of likely N-dealkylation sites (N-methyl/N-ethyl adjacent to an activating group) is 1. The molecule has 2 aromatic carbocycles. The fourth-order valence-electron chi connectivity index (χ4n) is 6.89. The molecule has 2 atom stereocenters. The zero-order valence-corrected chi connectivity index (χ0v) is 31.8. The van der Waals surface area contributed by atoms with Gasteiger partial charge in [0.2, 0.25) is 0 Å². The van der Waals surface area contributed by atoms with Gasteiger partial charge in [0.25, 0.3) is 0 Å². The number of rotatable bonds is 18. The highest BCUT2D eigenvalue weighted by molar-refractivity contribution is 7.91. The summed E-state index contributed by atoms with van der Waals surface area (Å²) >= 11 is 0. The second-order valence-electron chi connectivity index (χ2n) is 12.9. The minimum Gasteiger partial charge on any atom is -1.00 e. The van der Waals surface area contributed by atoms with E-state index < -0.39 is 27.3 Å². The van der Waals surface area contributed by atoms with Crippen LogP contribution in [-0.2, 0) is 14.6 Å². The van der Waals surface area contributed by atoms with Gasteiger partial charge >= 0.3 is 0 Å². The molecule has 0 saturated carbocycles. The molecule has 0 amide bonds. The molecule has 0 aromatic heterocycles. The van der Waals surface area contributed by atoms with Crippen LogP contribution < -0.4 is 33.6 Å². The van der Waals surface area contributed by atoms with Crippen molar-refractivity contribution in [2.75, 3.05) is 70.7 Å². The number of aliphatic hydroxyl groups is 1. The predicted octanol–water partition coefficient (Wildman–Crippen LogP) is 3.68. The number of unbranched alkanes of at least 4 members (excludes halogenated alkanes) is 2. The highest BCUT2D eigenvalue weighted by Crippen LogP contribution is 2.50. The molecule has 0 radical (unpaired) electrons. The van der Waals surface area contributed by atoms with E-state index in [0.29, 0.717) is 43.1 Å². The molecule has 1 aliphatic heterocycles. The second-order valence-corrected chi connectivity index (χ2v) is 14.9. The molecule has 1 heterocycles. The molecule has 3 rings (SSSR count). The van der Waals surface area contributed by atoms with Crippen molar-refractivity contribution in [3.05, 3.63) is 53.6 Å². The smallest absolute Gasteiger partial charge is 0.179 e. The largest absolute Gasteiger partial charge is 1.00 e. The highest BCUT2D eigenvalue weighted by Gasteiger charge is 2.49. The summed E-state index contributed by atoms with van der Waals surface area (Å²) in [6.07, 6.45) is 4.20. The van der Waals surface area contributed by atoms with Gasteiger partial charge in [0, 0.05) is 31.1 Å². The standard InChI is InChI=1S/C36H59N2O5S.HI/c1-8-13-21-36(22-14-9-2)28-44(40,41)33-20-17-30(37(6)7)27-32(33)34(35(36)39)29-15-18-31(19-16-29)43-26-25-42-24-23-38(10-3,11-4)12-5;/h15-20,27,34-35,39H,8-14,21-26,28H2,1-7H3;1H/q+1;/p-1/t34-,35-;/m1./s1. The van der Waals surface area contributed by atoms with Crippen LogP contribution in [0.15, 0.2) is 47.4 Å². The Hall–Kier alpha value is -1.40. The Labute approximate surface area is 291 Å². The van der Waals surface area contributed by atoms with Crippen LogP contribution in [0.3, 0.4) is 0 Å². The van der Waals surface area contributed by atoms with E-state index in [0.717, 1.165) is 73.3 Å². The Morgan fingerprint density at radius 3 is 2.02 bits per heavy atom. The average Bonchev–Trinajstić information content (AvgIpc) is 3.09. The van der Waals surface area contributed by atoms with Crippen LogP contribution in [0, 0.1) is 5.41 Å². The molecule has 0 bridgehead atoms. The summed E-state index contributed by atoms with van der Waals surface area (Å²) in [5.74, 6) is 0.240. The van der Waals surface area contributed by atoms with Crippen molar-refractivity contribution in [2.24, 2.45) is 5.41 Å². The van der Waals surface area contributed by atoms with Gasteiger partial charge in [-0.15, -0.1) is 0 Å². The molecule has 0 saturated heterocycles. The highest BCUT2D eigenvalue weighted by atomic mass is 127. The van der Waals surface area contributed by atoms with Gasteiger partial charge in [-0.3, -0.25) is 0 Å². The average molecular weight is 759 g/mol. The van der Waals surface area contributed by atoms with E-state index in [-0.39, 0.29) is 29.7 Å². The molecule has 0 unspecified atom stereocenters. The van der Waals surface area contributed by atoms with Crippen LogP contribution in [0.2, 0.25) is 0 Å². The molecule has 256 valence electrons. The first kappa shape index (κ1) is 39.8. The summed E-state index contributed by atoms with van der Waals surface area (Å²) in [5, 5.41) is 12.4. The Morgan fingerprint density at radius 2 is 1.49 bits per heavy atom.